The highest BCUT2D eigenvalue weighted by atomic mass is 32.1. The van der Waals surface area contributed by atoms with Crippen LogP contribution in [0.3, 0.4) is 0 Å². The molecular formula is C17H22N2OS. The van der Waals surface area contributed by atoms with Crippen molar-refractivity contribution in [3.63, 3.8) is 0 Å². The summed E-state index contributed by atoms with van der Waals surface area (Å²) < 4.78 is 1.09. The van der Waals surface area contributed by atoms with Gasteiger partial charge >= 0.3 is 0 Å². The number of benzene rings is 1. The second-order valence-corrected chi connectivity index (χ2v) is 7.11. The second kappa shape index (κ2) is 6.06. The Hall–Kier alpha value is -1.55. The first-order chi connectivity index (χ1) is 10.1. The number of carbonyl (C=O) groups is 1. The molecule has 3 N–H and O–H groups in total. The molecule has 0 spiro atoms. The van der Waals surface area contributed by atoms with Gasteiger partial charge in [0.25, 0.3) is 5.91 Å². The van der Waals surface area contributed by atoms with Gasteiger partial charge in [-0.25, -0.2) is 0 Å². The van der Waals surface area contributed by atoms with E-state index in [4.69, 9.17) is 5.73 Å². The van der Waals surface area contributed by atoms with Crippen LogP contribution in [-0.2, 0) is 0 Å². The summed E-state index contributed by atoms with van der Waals surface area (Å²) in [5.74, 6) is 0.623. The van der Waals surface area contributed by atoms with Crippen LogP contribution in [0.4, 0.5) is 5.69 Å². The van der Waals surface area contributed by atoms with Crippen LogP contribution >= 0.6 is 11.3 Å². The van der Waals surface area contributed by atoms with Crippen LogP contribution < -0.4 is 11.1 Å². The lowest BCUT2D eigenvalue weighted by Gasteiger charge is -2.21. The summed E-state index contributed by atoms with van der Waals surface area (Å²) in [6.07, 6.45) is 6.41. The molecule has 1 fully saturated rings. The number of amides is 1. The summed E-state index contributed by atoms with van der Waals surface area (Å²) >= 11 is 1.50. The lowest BCUT2D eigenvalue weighted by molar-refractivity contribution is 0.0948. The Morgan fingerprint density at radius 2 is 2.10 bits per heavy atom. The average molecular weight is 302 g/mol. The number of carbonyl (C=O) groups excluding carboxylic acids is 1. The summed E-state index contributed by atoms with van der Waals surface area (Å²) in [6, 6.07) is 6.14. The molecule has 2 aromatic rings. The number of aryl methyl sites for hydroxylation is 1. The van der Waals surface area contributed by atoms with E-state index in [1.54, 1.807) is 0 Å². The van der Waals surface area contributed by atoms with Crippen LogP contribution in [0, 0.1) is 12.8 Å². The van der Waals surface area contributed by atoms with Crippen molar-refractivity contribution in [2.75, 3.05) is 12.3 Å². The Morgan fingerprint density at radius 3 is 2.86 bits per heavy atom. The van der Waals surface area contributed by atoms with Gasteiger partial charge in [-0.05, 0) is 37.3 Å². The third-order valence-corrected chi connectivity index (χ3v) is 5.53. The zero-order chi connectivity index (χ0) is 14.8. The van der Waals surface area contributed by atoms with Crippen LogP contribution in [0.15, 0.2) is 18.2 Å². The van der Waals surface area contributed by atoms with Crippen molar-refractivity contribution in [2.24, 2.45) is 5.92 Å². The van der Waals surface area contributed by atoms with Crippen molar-refractivity contribution >= 4 is 33.0 Å². The van der Waals surface area contributed by atoms with Gasteiger partial charge in [-0.2, -0.15) is 0 Å². The van der Waals surface area contributed by atoms with Gasteiger partial charge in [0.15, 0.2) is 0 Å². The highest BCUT2D eigenvalue weighted by molar-refractivity contribution is 7.21. The minimum atomic E-state index is -0.0167. The van der Waals surface area contributed by atoms with Crippen molar-refractivity contribution in [2.45, 2.75) is 39.0 Å². The van der Waals surface area contributed by atoms with Crippen LogP contribution in [0.1, 0.15) is 47.3 Å². The Bertz CT molecular complexity index is 656. The van der Waals surface area contributed by atoms with Crippen molar-refractivity contribution in [1.82, 2.24) is 5.32 Å². The Labute approximate surface area is 129 Å². The number of anilines is 1. The molecule has 3 nitrogen and oxygen atoms in total. The van der Waals surface area contributed by atoms with Gasteiger partial charge in [0.2, 0.25) is 0 Å². The van der Waals surface area contributed by atoms with Gasteiger partial charge in [0, 0.05) is 16.6 Å². The maximum Gasteiger partial charge on any atom is 0.263 e. The molecule has 21 heavy (non-hydrogen) atoms. The topological polar surface area (TPSA) is 55.1 Å². The van der Waals surface area contributed by atoms with E-state index in [1.165, 1.54) is 49.0 Å². The zero-order valence-corrected chi connectivity index (χ0v) is 13.3. The Kier molecular flexibility index (Phi) is 4.15. The summed E-state index contributed by atoms with van der Waals surface area (Å²) in [6.45, 7) is 2.84. The van der Waals surface area contributed by atoms with Crippen LogP contribution in [-0.4, -0.2) is 12.5 Å². The summed E-state index contributed by atoms with van der Waals surface area (Å²) in [7, 11) is 0. The smallest absolute Gasteiger partial charge is 0.263 e. The molecule has 0 bridgehead atoms. The molecule has 0 radical (unpaired) electrons. The molecule has 112 valence electrons. The van der Waals surface area contributed by atoms with E-state index in [0.29, 0.717) is 16.5 Å². The van der Waals surface area contributed by atoms with Gasteiger partial charge in [-0.15, -0.1) is 11.3 Å². The third-order valence-electron chi connectivity index (χ3n) is 4.37. The number of nitrogen functional groups attached to an aromatic ring is 1. The Morgan fingerprint density at radius 1 is 1.33 bits per heavy atom. The van der Waals surface area contributed by atoms with E-state index >= 15 is 0 Å². The molecule has 1 heterocycles. The third kappa shape index (κ3) is 3.05. The molecule has 1 aliphatic rings. The molecule has 0 saturated heterocycles. The predicted octanol–water partition coefficient (Wildman–Crippen LogP) is 4.10. The fourth-order valence-electron chi connectivity index (χ4n) is 3.10. The maximum atomic E-state index is 12.4. The first kappa shape index (κ1) is 14.4. The monoisotopic (exact) mass is 302 g/mol. The van der Waals surface area contributed by atoms with Gasteiger partial charge in [0.05, 0.1) is 5.69 Å². The Balaban J connectivity index is 1.73. The zero-order valence-electron chi connectivity index (χ0n) is 12.4. The summed E-state index contributed by atoms with van der Waals surface area (Å²) in [4.78, 5) is 13.0. The van der Waals surface area contributed by atoms with E-state index in [-0.39, 0.29) is 5.91 Å². The predicted molar refractivity (Wildman–Crippen MR) is 89.9 cm³/mol. The molecular weight excluding hydrogens is 280 g/mol. The van der Waals surface area contributed by atoms with E-state index in [0.717, 1.165) is 16.6 Å². The lowest BCUT2D eigenvalue weighted by atomic mass is 9.89. The standard InChI is InChI=1S/C17H22N2OS/c1-11-7-8-13-14(9-11)21-16(15(13)18)17(20)19-10-12-5-3-2-4-6-12/h7-9,12H,2-6,10,18H2,1H3,(H,19,20). The number of nitrogens with two attached hydrogens (primary N) is 1. The quantitative estimate of drug-likeness (QED) is 0.896. The number of thiophene rings is 1. The SMILES string of the molecule is Cc1ccc2c(N)c(C(=O)NCC3CCCCC3)sc2c1. The number of hydrogen-bond acceptors (Lipinski definition) is 3. The van der Waals surface area contributed by atoms with E-state index < -0.39 is 0 Å². The lowest BCUT2D eigenvalue weighted by Crippen LogP contribution is -2.30. The molecule has 1 amide bonds. The first-order valence-corrected chi connectivity index (χ1v) is 8.53. The molecule has 0 unspecified atom stereocenters. The normalized spacial score (nSPS) is 16.2. The number of rotatable bonds is 3. The van der Waals surface area contributed by atoms with Gasteiger partial charge in [-0.3, -0.25) is 4.79 Å². The van der Waals surface area contributed by atoms with Gasteiger partial charge < -0.3 is 11.1 Å². The number of hydrogen-bond donors (Lipinski definition) is 2. The van der Waals surface area contributed by atoms with Crippen molar-refractivity contribution in [1.29, 1.82) is 0 Å². The molecule has 1 aromatic carbocycles. The maximum absolute atomic E-state index is 12.4. The van der Waals surface area contributed by atoms with E-state index in [9.17, 15) is 4.79 Å². The molecule has 0 atom stereocenters. The van der Waals surface area contributed by atoms with Crippen molar-refractivity contribution < 1.29 is 4.79 Å². The van der Waals surface area contributed by atoms with Crippen LogP contribution in [0.2, 0.25) is 0 Å². The summed E-state index contributed by atoms with van der Waals surface area (Å²) in [5.41, 5.74) is 7.96. The van der Waals surface area contributed by atoms with E-state index in [2.05, 4.69) is 18.3 Å². The first-order valence-electron chi connectivity index (χ1n) is 7.72. The highest BCUT2D eigenvalue weighted by Crippen LogP contribution is 2.34. The molecule has 1 aromatic heterocycles. The summed E-state index contributed by atoms with van der Waals surface area (Å²) in [5, 5.41) is 4.07. The van der Waals surface area contributed by atoms with Crippen molar-refractivity contribution in [3.05, 3.63) is 28.6 Å². The van der Waals surface area contributed by atoms with Crippen LogP contribution in [0.5, 0.6) is 0 Å². The minimum Gasteiger partial charge on any atom is -0.397 e. The average Bonchev–Trinajstić information content (AvgIpc) is 2.82. The fourth-order valence-corrected chi connectivity index (χ4v) is 4.24. The molecule has 3 rings (SSSR count). The van der Waals surface area contributed by atoms with Crippen LogP contribution in [0.25, 0.3) is 10.1 Å². The second-order valence-electron chi connectivity index (χ2n) is 6.06. The largest absolute Gasteiger partial charge is 0.397 e. The number of fused-ring (bicyclic) bond motifs is 1. The van der Waals surface area contributed by atoms with Crippen molar-refractivity contribution in [3.8, 4) is 0 Å². The highest BCUT2D eigenvalue weighted by Gasteiger charge is 2.18. The molecule has 0 aliphatic heterocycles. The molecule has 1 saturated carbocycles. The van der Waals surface area contributed by atoms with E-state index in [1.807, 2.05) is 12.1 Å². The number of nitrogens with one attached hydrogen (secondary N) is 1. The fraction of sp³-hybridized carbons (Fsp3) is 0.471. The minimum absolute atomic E-state index is 0.0167. The molecule has 1 aliphatic carbocycles. The van der Waals surface area contributed by atoms with Gasteiger partial charge in [-0.1, -0.05) is 31.4 Å². The molecule has 4 heteroatoms. The van der Waals surface area contributed by atoms with Gasteiger partial charge in [0.1, 0.15) is 4.88 Å².